The molecule has 0 unspecified atom stereocenters. The maximum atomic E-state index is 11.8. The molecular formula is C17H27NO3. The lowest BCUT2D eigenvalue weighted by molar-refractivity contribution is 0.0497. The minimum Gasteiger partial charge on any atom is -0.506 e. The monoisotopic (exact) mass is 293 g/mol. The van der Waals surface area contributed by atoms with Crippen molar-refractivity contribution in [2.75, 3.05) is 12.3 Å². The van der Waals surface area contributed by atoms with Crippen molar-refractivity contribution in [3.8, 4) is 5.75 Å². The zero-order valence-electron chi connectivity index (χ0n) is 12.9. The highest BCUT2D eigenvalue weighted by Gasteiger charge is 2.08. The summed E-state index contributed by atoms with van der Waals surface area (Å²) in [7, 11) is 0. The van der Waals surface area contributed by atoms with E-state index in [0.29, 0.717) is 12.2 Å². The molecule has 0 heterocycles. The molecule has 0 fully saturated rings. The molecule has 0 radical (unpaired) electrons. The Morgan fingerprint density at radius 3 is 2.33 bits per heavy atom. The molecule has 3 N–H and O–H groups in total. The first kappa shape index (κ1) is 17.3. The number of unbranched alkanes of at least 4 members (excludes halogenated alkanes) is 7. The van der Waals surface area contributed by atoms with Crippen LogP contribution in [0.3, 0.4) is 0 Å². The lowest BCUT2D eigenvalue weighted by Crippen LogP contribution is -2.07. The summed E-state index contributed by atoms with van der Waals surface area (Å²) in [6.07, 6.45) is 9.69. The van der Waals surface area contributed by atoms with Crippen LogP contribution in [0, 0.1) is 0 Å². The van der Waals surface area contributed by atoms with Crippen LogP contribution in [0.5, 0.6) is 5.75 Å². The van der Waals surface area contributed by atoms with Gasteiger partial charge in [-0.05, 0) is 24.6 Å². The van der Waals surface area contributed by atoms with E-state index < -0.39 is 0 Å². The van der Waals surface area contributed by atoms with E-state index in [2.05, 4.69) is 6.92 Å². The average molecular weight is 293 g/mol. The summed E-state index contributed by atoms with van der Waals surface area (Å²) in [5.41, 5.74) is 6.12. The van der Waals surface area contributed by atoms with E-state index in [9.17, 15) is 9.90 Å². The highest BCUT2D eigenvalue weighted by molar-refractivity contribution is 5.90. The van der Waals surface area contributed by atoms with Gasteiger partial charge in [0.2, 0.25) is 0 Å². The molecule has 1 aromatic carbocycles. The Morgan fingerprint density at radius 2 is 1.71 bits per heavy atom. The number of aromatic hydroxyl groups is 1. The van der Waals surface area contributed by atoms with Gasteiger partial charge in [-0.1, -0.05) is 51.9 Å². The Bertz CT molecular complexity index is 432. The van der Waals surface area contributed by atoms with Crippen molar-refractivity contribution in [1.29, 1.82) is 0 Å². The molecule has 1 rings (SSSR count). The quantitative estimate of drug-likeness (QED) is 0.292. The van der Waals surface area contributed by atoms with Gasteiger partial charge in [0.1, 0.15) is 5.75 Å². The predicted molar refractivity (Wildman–Crippen MR) is 85.4 cm³/mol. The number of nitrogen functional groups attached to an aromatic ring is 1. The fourth-order valence-corrected chi connectivity index (χ4v) is 2.17. The molecule has 118 valence electrons. The standard InChI is InChI=1S/C17H27NO3/c1-2-3-4-5-6-7-8-9-12-21-17(20)14-10-11-16(19)15(18)13-14/h10-11,13,19H,2-9,12,18H2,1H3. The Balaban J connectivity index is 2.09. The van der Waals surface area contributed by atoms with E-state index in [4.69, 9.17) is 10.5 Å². The van der Waals surface area contributed by atoms with Crippen molar-refractivity contribution in [3.05, 3.63) is 23.8 Å². The summed E-state index contributed by atoms with van der Waals surface area (Å²) in [5.74, 6) is -0.403. The molecule has 21 heavy (non-hydrogen) atoms. The largest absolute Gasteiger partial charge is 0.506 e. The molecule has 0 amide bonds. The third-order valence-electron chi connectivity index (χ3n) is 3.49. The molecule has 0 atom stereocenters. The van der Waals surface area contributed by atoms with Crippen molar-refractivity contribution < 1.29 is 14.6 Å². The number of hydrogen-bond acceptors (Lipinski definition) is 4. The van der Waals surface area contributed by atoms with Gasteiger partial charge in [-0.15, -0.1) is 0 Å². The Hall–Kier alpha value is -1.71. The summed E-state index contributed by atoms with van der Waals surface area (Å²) in [4.78, 5) is 11.8. The second kappa shape index (κ2) is 10.1. The van der Waals surface area contributed by atoms with Crippen LogP contribution in [0.4, 0.5) is 5.69 Å². The number of carbonyl (C=O) groups excluding carboxylic acids is 1. The molecule has 4 nitrogen and oxygen atoms in total. The number of benzene rings is 1. The number of esters is 1. The smallest absolute Gasteiger partial charge is 0.338 e. The highest BCUT2D eigenvalue weighted by Crippen LogP contribution is 2.20. The summed E-state index contributed by atoms with van der Waals surface area (Å²) in [6, 6.07) is 4.36. The van der Waals surface area contributed by atoms with Gasteiger partial charge in [-0.2, -0.15) is 0 Å². The fourth-order valence-electron chi connectivity index (χ4n) is 2.17. The molecule has 0 spiro atoms. The summed E-state index contributed by atoms with van der Waals surface area (Å²) in [6.45, 7) is 2.66. The molecule has 0 saturated heterocycles. The fraction of sp³-hybridized carbons (Fsp3) is 0.588. The lowest BCUT2D eigenvalue weighted by Gasteiger charge is -2.06. The molecule has 4 heteroatoms. The first-order valence-electron chi connectivity index (χ1n) is 7.90. The van der Waals surface area contributed by atoms with Crippen molar-refractivity contribution in [2.24, 2.45) is 0 Å². The highest BCUT2D eigenvalue weighted by atomic mass is 16.5. The molecule has 0 aliphatic rings. The van der Waals surface area contributed by atoms with Gasteiger partial charge in [-0.3, -0.25) is 0 Å². The zero-order chi connectivity index (χ0) is 15.5. The van der Waals surface area contributed by atoms with Gasteiger partial charge >= 0.3 is 5.97 Å². The molecule has 1 aromatic rings. The molecule has 0 aromatic heterocycles. The normalized spacial score (nSPS) is 10.5. The second-order valence-corrected chi connectivity index (χ2v) is 5.38. The van der Waals surface area contributed by atoms with Crippen LogP contribution in [0.15, 0.2) is 18.2 Å². The van der Waals surface area contributed by atoms with Gasteiger partial charge in [0.05, 0.1) is 17.9 Å². The van der Waals surface area contributed by atoms with Gasteiger partial charge in [0.15, 0.2) is 0 Å². The third-order valence-corrected chi connectivity index (χ3v) is 3.49. The van der Waals surface area contributed by atoms with Gasteiger partial charge in [0, 0.05) is 0 Å². The number of phenolic OH excluding ortho intramolecular Hbond substituents is 1. The van der Waals surface area contributed by atoms with Crippen molar-refractivity contribution >= 4 is 11.7 Å². The van der Waals surface area contributed by atoms with Gasteiger partial charge in [0.25, 0.3) is 0 Å². The van der Waals surface area contributed by atoms with Crippen LogP contribution < -0.4 is 5.73 Å². The summed E-state index contributed by atoms with van der Waals surface area (Å²) < 4.78 is 5.19. The van der Waals surface area contributed by atoms with E-state index in [1.807, 2.05) is 0 Å². The SMILES string of the molecule is CCCCCCCCCCOC(=O)c1ccc(O)c(N)c1. The number of anilines is 1. The van der Waals surface area contributed by atoms with Crippen molar-refractivity contribution in [1.82, 2.24) is 0 Å². The molecule has 0 bridgehead atoms. The summed E-state index contributed by atoms with van der Waals surface area (Å²) >= 11 is 0. The number of ether oxygens (including phenoxy) is 1. The first-order valence-corrected chi connectivity index (χ1v) is 7.90. The first-order chi connectivity index (χ1) is 10.1. The van der Waals surface area contributed by atoms with E-state index in [0.717, 1.165) is 12.8 Å². The van der Waals surface area contributed by atoms with Gasteiger partial charge in [-0.25, -0.2) is 4.79 Å². The molecule has 0 saturated carbocycles. The van der Waals surface area contributed by atoms with E-state index in [-0.39, 0.29) is 17.4 Å². The number of carbonyl (C=O) groups is 1. The van der Waals surface area contributed by atoms with Crippen LogP contribution in [0.1, 0.15) is 68.6 Å². The average Bonchev–Trinajstić information content (AvgIpc) is 2.48. The maximum Gasteiger partial charge on any atom is 0.338 e. The number of nitrogens with two attached hydrogens (primary N) is 1. The van der Waals surface area contributed by atoms with Gasteiger partial charge < -0.3 is 15.6 Å². The van der Waals surface area contributed by atoms with Crippen LogP contribution in [0.2, 0.25) is 0 Å². The Labute approximate surface area is 127 Å². The van der Waals surface area contributed by atoms with E-state index in [1.165, 1.54) is 56.7 Å². The predicted octanol–water partition coefficient (Wildman–Crippen LogP) is 4.27. The molecular weight excluding hydrogens is 266 g/mol. The topological polar surface area (TPSA) is 72.5 Å². The number of hydrogen-bond donors (Lipinski definition) is 2. The van der Waals surface area contributed by atoms with Crippen molar-refractivity contribution in [3.63, 3.8) is 0 Å². The minimum absolute atomic E-state index is 0.0189. The molecule has 0 aliphatic heterocycles. The van der Waals surface area contributed by atoms with Crippen LogP contribution in [-0.2, 0) is 4.74 Å². The minimum atomic E-state index is -0.385. The van der Waals surface area contributed by atoms with Crippen LogP contribution >= 0.6 is 0 Å². The Kier molecular flexibility index (Phi) is 8.32. The van der Waals surface area contributed by atoms with Crippen LogP contribution in [0.25, 0.3) is 0 Å². The number of phenols is 1. The summed E-state index contributed by atoms with van der Waals surface area (Å²) in [5, 5.41) is 9.30. The Morgan fingerprint density at radius 1 is 1.10 bits per heavy atom. The number of rotatable bonds is 10. The van der Waals surface area contributed by atoms with Crippen molar-refractivity contribution in [2.45, 2.75) is 58.3 Å². The van der Waals surface area contributed by atoms with Crippen LogP contribution in [-0.4, -0.2) is 17.7 Å². The molecule has 0 aliphatic carbocycles. The zero-order valence-corrected chi connectivity index (χ0v) is 12.9. The second-order valence-electron chi connectivity index (χ2n) is 5.38. The third kappa shape index (κ3) is 7.02. The lowest BCUT2D eigenvalue weighted by atomic mass is 10.1. The van der Waals surface area contributed by atoms with E-state index >= 15 is 0 Å². The van der Waals surface area contributed by atoms with E-state index in [1.54, 1.807) is 0 Å². The maximum absolute atomic E-state index is 11.8.